The number of halogens is 3. The third kappa shape index (κ3) is 5.22. The minimum atomic E-state index is -4.21. The van der Waals surface area contributed by atoms with Crippen LogP contribution in [0.2, 0.25) is 0 Å². The Morgan fingerprint density at radius 1 is 1.06 bits per heavy atom. The van der Waals surface area contributed by atoms with Gasteiger partial charge in [-0.15, -0.1) is 0 Å². The van der Waals surface area contributed by atoms with Gasteiger partial charge in [0.1, 0.15) is 0 Å². The van der Waals surface area contributed by atoms with Crippen molar-refractivity contribution in [3.05, 3.63) is 35.9 Å². The highest BCUT2D eigenvalue weighted by Gasteiger charge is 2.33. The Kier molecular flexibility index (Phi) is 4.57. The van der Waals surface area contributed by atoms with Gasteiger partial charge in [0.15, 0.2) is 0 Å². The molecule has 1 nitrogen and oxygen atoms in total. The Labute approximate surface area is 99.3 Å². The molecular weight excluding hydrogens is 229 g/mol. The quantitative estimate of drug-likeness (QED) is 0.839. The molecule has 0 aliphatic rings. The van der Waals surface area contributed by atoms with Gasteiger partial charge in [-0.3, -0.25) is 0 Å². The van der Waals surface area contributed by atoms with Crippen molar-refractivity contribution in [1.29, 1.82) is 0 Å². The molecule has 4 heteroatoms. The first-order chi connectivity index (χ1) is 7.85. The fourth-order valence-corrected chi connectivity index (χ4v) is 1.74. The molecule has 96 valence electrons. The van der Waals surface area contributed by atoms with E-state index >= 15 is 0 Å². The third-order valence-electron chi connectivity index (χ3n) is 2.91. The van der Waals surface area contributed by atoms with Gasteiger partial charge >= 0.3 is 6.18 Å². The molecule has 0 saturated carbocycles. The first-order valence-electron chi connectivity index (χ1n) is 5.68. The molecule has 0 bridgehead atoms. The predicted octanol–water partition coefficient (Wildman–Crippen LogP) is 3.71. The van der Waals surface area contributed by atoms with Crippen LogP contribution in [0.3, 0.4) is 0 Å². The summed E-state index contributed by atoms with van der Waals surface area (Å²) in [4.78, 5) is 0. The van der Waals surface area contributed by atoms with E-state index in [-0.39, 0.29) is 12.8 Å². The van der Waals surface area contributed by atoms with E-state index in [1.54, 1.807) is 6.92 Å². The van der Waals surface area contributed by atoms with Crippen LogP contribution in [0.5, 0.6) is 0 Å². The fourth-order valence-electron chi connectivity index (χ4n) is 1.74. The van der Waals surface area contributed by atoms with Crippen molar-refractivity contribution in [1.82, 2.24) is 0 Å². The van der Waals surface area contributed by atoms with Crippen molar-refractivity contribution in [3.63, 3.8) is 0 Å². The Hall–Kier alpha value is -1.03. The maximum atomic E-state index is 12.1. The maximum Gasteiger partial charge on any atom is 0.389 e. The highest BCUT2D eigenvalue weighted by molar-refractivity contribution is 5.17. The number of aliphatic hydroxyl groups is 1. The molecule has 0 spiro atoms. The summed E-state index contributed by atoms with van der Waals surface area (Å²) in [7, 11) is 0. The molecule has 0 heterocycles. The second-order valence-electron chi connectivity index (χ2n) is 4.36. The lowest BCUT2D eigenvalue weighted by molar-refractivity contribution is -0.147. The Morgan fingerprint density at radius 3 is 2.12 bits per heavy atom. The van der Waals surface area contributed by atoms with E-state index in [1.807, 2.05) is 30.3 Å². The van der Waals surface area contributed by atoms with Gasteiger partial charge in [0, 0.05) is 12.8 Å². The molecule has 0 aliphatic heterocycles. The molecule has 0 aliphatic carbocycles. The molecule has 0 amide bonds. The summed E-state index contributed by atoms with van der Waals surface area (Å²) in [5.41, 5.74) is -0.407. The normalized spacial score (nSPS) is 15.6. The molecule has 0 saturated heterocycles. The molecule has 1 atom stereocenters. The van der Waals surface area contributed by atoms with Crippen molar-refractivity contribution in [2.75, 3.05) is 0 Å². The zero-order valence-electron chi connectivity index (χ0n) is 9.80. The van der Waals surface area contributed by atoms with Crippen LogP contribution >= 0.6 is 0 Å². The van der Waals surface area contributed by atoms with Crippen LogP contribution in [-0.2, 0) is 6.42 Å². The van der Waals surface area contributed by atoms with Crippen LogP contribution in [0.15, 0.2) is 30.3 Å². The number of hydrogen-bond donors (Lipinski definition) is 1. The molecule has 1 N–H and O–H groups in total. The van der Waals surface area contributed by atoms with Gasteiger partial charge in [-0.2, -0.15) is 13.2 Å². The molecule has 17 heavy (non-hydrogen) atoms. The van der Waals surface area contributed by atoms with Gasteiger partial charge in [-0.25, -0.2) is 0 Å². The van der Waals surface area contributed by atoms with Crippen molar-refractivity contribution in [2.45, 2.75) is 44.4 Å². The third-order valence-corrected chi connectivity index (χ3v) is 2.91. The van der Waals surface area contributed by atoms with E-state index in [9.17, 15) is 18.3 Å². The summed E-state index contributed by atoms with van der Waals surface area (Å²) >= 11 is 0. The van der Waals surface area contributed by atoms with Gasteiger partial charge in [0.05, 0.1) is 5.60 Å². The zero-order valence-corrected chi connectivity index (χ0v) is 9.80. The Balaban J connectivity index is 2.63. The van der Waals surface area contributed by atoms with E-state index in [0.29, 0.717) is 6.42 Å². The number of benzene rings is 1. The van der Waals surface area contributed by atoms with Gasteiger partial charge < -0.3 is 5.11 Å². The largest absolute Gasteiger partial charge is 0.390 e. The monoisotopic (exact) mass is 246 g/mol. The summed E-state index contributed by atoms with van der Waals surface area (Å²) in [5.74, 6) is 0. The minimum absolute atomic E-state index is 0.248. The van der Waals surface area contributed by atoms with Crippen LogP contribution in [0.4, 0.5) is 13.2 Å². The summed E-state index contributed by atoms with van der Waals surface area (Å²) in [6.07, 6.45) is -4.82. The van der Waals surface area contributed by atoms with E-state index < -0.39 is 18.2 Å². The van der Waals surface area contributed by atoms with Crippen molar-refractivity contribution in [3.8, 4) is 0 Å². The topological polar surface area (TPSA) is 20.2 Å². The van der Waals surface area contributed by atoms with E-state index in [2.05, 4.69) is 0 Å². The fraction of sp³-hybridized carbons (Fsp3) is 0.538. The highest BCUT2D eigenvalue weighted by Crippen LogP contribution is 2.29. The lowest BCUT2D eigenvalue weighted by Crippen LogP contribution is -2.32. The number of alkyl halides is 3. The molecule has 1 rings (SSSR count). The van der Waals surface area contributed by atoms with Crippen LogP contribution in [0.25, 0.3) is 0 Å². The first kappa shape index (κ1) is 14.0. The smallest absolute Gasteiger partial charge is 0.389 e. The molecule has 0 aromatic heterocycles. The molecule has 0 fully saturated rings. The number of hydrogen-bond acceptors (Lipinski definition) is 1. The SMILES string of the molecule is CCC(O)(CCC(F)(F)F)Cc1ccccc1. The Bertz CT molecular complexity index is 334. The predicted molar refractivity (Wildman–Crippen MR) is 60.7 cm³/mol. The molecule has 0 radical (unpaired) electrons. The van der Waals surface area contributed by atoms with E-state index in [4.69, 9.17) is 0 Å². The lowest BCUT2D eigenvalue weighted by atomic mass is 9.87. The minimum Gasteiger partial charge on any atom is -0.390 e. The van der Waals surface area contributed by atoms with Crippen LogP contribution in [0.1, 0.15) is 31.7 Å². The van der Waals surface area contributed by atoms with Gasteiger partial charge in [-0.05, 0) is 18.4 Å². The number of rotatable bonds is 5. The van der Waals surface area contributed by atoms with E-state index in [1.165, 1.54) is 0 Å². The van der Waals surface area contributed by atoms with Crippen molar-refractivity contribution >= 4 is 0 Å². The van der Waals surface area contributed by atoms with Crippen LogP contribution in [0, 0.1) is 0 Å². The highest BCUT2D eigenvalue weighted by atomic mass is 19.4. The second-order valence-corrected chi connectivity index (χ2v) is 4.36. The van der Waals surface area contributed by atoms with Crippen molar-refractivity contribution in [2.24, 2.45) is 0 Å². The summed E-state index contributed by atoms with van der Waals surface area (Å²) < 4.78 is 36.4. The molecule has 1 aromatic carbocycles. The maximum absolute atomic E-state index is 12.1. The van der Waals surface area contributed by atoms with E-state index in [0.717, 1.165) is 5.56 Å². The average molecular weight is 246 g/mol. The van der Waals surface area contributed by atoms with Gasteiger partial charge in [0.2, 0.25) is 0 Å². The zero-order chi connectivity index (χ0) is 12.9. The summed E-state index contributed by atoms with van der Waals surface area (Å²) in [5, 5.41) is 10.1. The summed E-state index contributed by atoms with van der Waals surface area (Å²) in [6.45, 7) is 1.71. The van der Waals surface area contributed by atoms with Crippen LogP contribution < -0.4 is 0 Å². The summed E-state index contributed by atoms with van der Waals surface area (Å²) in [6, 6.07) is 9.09. The van der Waals surface area contributed by atoms with Gasteiger partial charge in [0.25, 0.3) is 0 Å². The molecule has 1 aromatic rings. The van der Waals surface area contributed by atoms with Gasteiger partial charge in [-0.1, -0.05) is 37.3 Å². The lowest BCUT2D eigenvalue weighted by Gasteiger charge is -2.27. The second kappa shape index (κ2) is 5.54. The Morgan fingerprint density at radius 2 is 1.65 bits per heavy atom. The molecular formula is C13H17F3O. The van der Waals surface area contributed by atoms with Crippen LogP contribution in [-0.4, -0.2) is 16.9 Å². The standard InChI is InChI=1S/C13H17F3O/c1-2-12(17,8-9-13(14,15)16)10-11-6-4-3-5-7-11/h3-7,17H,2,8-10H2,1H3. The first-order valence-corrected chi connectivity index (χ1v) is 5.68. The van der Waals surface area contributed by atoms with Crippen molar-refractivity contribution < 1.29 is 18.3 Å². The average Bonchev–Trinajstić information content (AvgIpc) is 2.27. The molecule has 1 unspecified atom stereocenters.